The van der Waals surface area contributed by atoms with Crippen LogP contribution in [0.5, 0.6) is 0 Å². The quantitative estimate of drug-likeness (QED) is 0.504. The highest BCUT2D eigenvalue weighted by Gasteiger charge is 2.52. The van der Waals surface area contributed by atoms with Gasteiger partial charge in [0.15, 0.2) is 11.7 Å². The van der Waals surface area contributed by atoms with Gasteiger partial charge in [-0.2, -0.15) is 0 Å². The van der Waals surface area contributed by atoms with Crippen LogP contribution in [0.3, 0.4) is 0 Å². The molecule has 0 aliphatic rings. The van der Waals surface area contributed by atoms with Gasteiger partial charge >= 0.3 is 19.5 Å². The summed E-state index contributed by atoms with van der Waals surface area (Å²) in [6.07, 6.45) is 0. The second kappa shape index (κ2) is 8.51. The molecule has 152 valence electrons. The van der Waals surface area contributed by atoms with Crippen molar-refractivity contribution >= 4 is 30.3 Å². The van der Waals surface area contributed by atoms with Crippen LogP contribution in [-0.4, -0.2) is 55.8 Å². The van der Waals surface area contributed by atoms with E-state index in [-0.39, 0.29) is 10.8 Å². The predicted octanol–water partition coefficient (Wildman–Crippen LogP) is 0.431. The molecule has 0 fully saturated rings. The van der Waals surface area contributed by atoms with Gasteiger partial charge in [0.25, 0.3) is 11.1 Å². The van der Waals surface area contributed by atoms with Crippen molar-refractivity contribution in [2.75, 3.05) is 28.4 Å². The second-order valence-corrected chi connectivity index (χ2v) is 7.87. The average Bonchev–Trinajstić information content (AvgIpc) is 2.73. The zero-order chi connectivity index (χ0) is 21.1. The van der Waals surface area contributed by atoms with Crippen molar-refractivity contribution in [2.45, 2.75) is 11.7 Å². The number of rotatable bonds is 7. The Hall–Kier alpha value is -2.75. The predicted molar refractivity (Wildman–Crippen MR) is 97.3 cm³/mol. The summed E-state index contributed by atoms with van der Waals surface area (Å²) in [6, 6.07) is 3.98. The first-order chi connectivity index (χ1) is 13.2. The highest BCUT2D eigenvalue weighted by atomic mass is 31.2. The van der Waals surface area contributed by atoms with E-state index in [2.05, 4.69) is 14.6 Å². The first kappa shape index (κ1) is 21.5. The fourth-order valence-electron chi connectivity index (χ4n) is 2.76. The zero-order valence-electron chi connectivity index (χ0n) is 15.5. The molecule has 0 radical (unpaired) electrons. The molecule has 0 spiro atoms. The summed E-state index contributed by atoms with van der Waals surface area (Å²) in [6.45, 7) is 0. The SMILES string of the molecule is COC(=O)[C@H]([C@@H](C(=O)OC)P(=O)(OC)OC)n1[nH]c(=O)c2ccccc2c1=O. The smallest absolute Gasteiger partial charge is 0.347 e. The van der Waals surface area contributed by atoms with Crippen molar-refractivity contribution in [1.29, 1.82) is 0 Å². The molecule has 0 saturated heterocycles. The van der Waals surface area contributed by atoms with Gasteiger partial charge in [-0.05, 0) is 12.1 Å². The number of nitrogens with zero attached hydrogens (tertiary/aromatic N) is 1. The van der Waals surface area contributed by atoms with E-state index < -0.39 is 42.4 Å². The van der Waals surface area contributed by atoms with Crippen molar-refractivity contribution in [3.8, 4) is 0 Å². The van der Waals surface area contributed by atoms with Gasteiger partial charge in [0.05, 0.1) is 25.0 Å². The van der Waals surface area contributed by atoms with E-state index in [0.29, 0.717) is 4.68 Å². The third-order valence-corrected chi connectivity index (χ3v) is 6.35. The van der Waals surface area contributed by atoms with Crippen molar-refractivity contribution < 1.29 is 32.7 Å². The summed E-state index contributed by atoms with van der Waals surface area (Å²) < 4.78 is 32.5. The largest absolute Gasteiger partial charge is 0.468 e. The molecule has 0 amide bonds. The number of carbonyl (C=O) groups excluding carboxylic acids is 2. The highest BCUT2D eigenvalue weighted by molar-refractivity contribution is 7.55. The monoisotopic (exact) mass is 414 g/mol. The summed E-state index contributed by atoms with van der Waals surface area (Å²) in [4.78, 5) is 50.2. The van der Waals surface area contributed by atoms with E-state index in [1.54, 1.807) is 6.07 Å². The maximum atomic E-state index is 13.0. The number of nitrogens with one attached hydrogen (secondary N) is 1. The molecule has 1 aromatic heterocycles. The maximum Gasteiger partial charge on any atom is 0.347 e. The number of benzene rings is 1. The number of H-pyrrole nitrogens is 1. The number of aromatic nitrogens is 2. The number of fused-ring (bicyclic) bond motifs is 1. The number of hydrogen-bond acceptors (Lipinski definition) is 9. The topological polar surface area (TPSA) is 143 Å². The number of aromatic amines is 1. The van der Waals surface area contributed by atoms with Crippen molar-refractivity contribution in [3.63, 3.8) is 0 Å². The molecule has 0 bridgehead atoms. The zero-order valence-corrected chi connectivity index (χ0v) is 16.4. The average molecular weight is 414 g/mol. The Morgan fingerprint density at radius 1 is 0.964 bits per heavy atom. The van der Waals surface area contributed by atoms with E-state index in [0.717, 1.165) is 28.4 Å². The molecular weight excluding hydrogens is 395 g/mol. The molecule has 28 heavy (non-hydrogen) atoms. The van der Waals surface area contributed by atoms with Gasteiger partial charge in [0.1, 0.15) is 0 Å². The second-order valence-electron chi connectivity index (χ2n) is 5.50. The van der Waals surface area contributed by atoms with Crippen LogP contribution < -0.4 is 11.1 Å². The number of carbonyl (C=O) groups is 2. The minimum atomic E-state index is -4.31. The van der Waals surface area contributed by atoms with Crippen LogP contribution in [0.4, 0.5) is 0 Å². The lowest BCUT2D eigenvalue weighted by Crippen LogP contribution is -2.45. The lowest BCUT2D eigenvalue weighted by atomic mass is 10.1. The summed E-state index contributed by atoms with van der Waals surface area (Å²) in [5.41, 5.74) is -3.45. The van der Waals surface area contributed by atoms with E-state index in [4.69, 9.17) is 9.05 Å². The van der Waals surface area contributed by atoms with E-state index in [1.165, 1.54) is 18.2 Å². The van der Waals surface area contributed by atoms with Crippen molar-refractivity contribution in [2.24, 2.45) is 0 Å². The molecule has 2 rings (SSSR count). The molecule has 1 aromatic carbocycles. The molecule has 2 aromatic rings. The Bertz CT molecular complexity index is 1050. The van der Waals surface area contributed by atoms with E-state index in [1.807, 2.05) is 0 Å². The fraction of sp³-hybridized carbons (Fsp3) is 0.375. The van der Waals surface area contributed by atoms with Gasteiger partial charge in [0.2, 0.25) is 0 Å². The molecule has 0 unspecified atom stereocenters. The van der Waals surface area contributed by atoms with Gasteiger partial charge in [-0.1, -0.05) is 12.1 Å². The van der Waals surface area contributed by atoms with Crippen LogP contribution in [0.1, 0.15) is 6.04 Å². The van der Waals surface area contributed by atoms with Crippen LogP contribution in [-0.2, 0) is 32.7 Å². The highest BCUT2D eigenvalue weighted by Crippen LogP contribution is 2.55. The molecule has 2 atom stereocenters. The van der Waals surface area contributed by atoms with E-state index >= 15 is 0 Å². The van der Waals surface area contributed by atoms with Crippen LogP contribution in [0.25, 0.3) is 10.8 Å². The first-order valence-corrected chi connectivity index (χ1v) is 9.47. The first-order valence-electron chi connectivity index (χ1n) is 7.86. The van der Waals surface area contributed by atoms with Gasteiger partial charge in [-0.15, -0.1) is 0 Å². The third-order valence-electron chi connectivity index (χ3n) is 4.16. The number of hydrogen-bond donors (Lipinski definition) is 1. The van der Waals surface area contributed by atoms with Gasteiger partial charge in [-0.3, -0.25) is 24.0 Å². The Kier molecular flexibility index (Phi) is 6.55. The van der Waals surface area contributed by atoms with Crippen LogP contribution in [0, 0.1) is 0 Å². The number of esters is 2. The third kappa shape index (κ3) is 3.64. The minimum absolute atomic E-state index is 0.0200. The number of methoxy groups -OCH3 is 2. The summed E-state index contributed by atoms with van der Waals surface area (Å²) in [5, 5.41) is 2.27. The lowest BCUT2D eigenvalue weighted by molar-refractivity contribution is -0.151. The number of ether oxygens (including phenoxy) is 2. The van der Waals surface area contributed by atoms with Crippen LogP contribution >= 0.6 is 7.60 Å². The summed E-state index contributed by atoms with van der Waals surface area (Å²) >= 11 is 0. The van der Waals surface area contributed by atoms with E-state index in [9.17, 15) is 23.7 Å². The standard InChI is InChI=1S/C16H19N2O9P/c1-24-15(21)11(12(16(22)25-2)28(23,26-3)27-4)18-14(20)10-8-6-5-7-9(10)13(19)17-18/h5-8,11-12H,1-4H3,(H,17,19)/t11-,12-/m0/s1. The van der Waals surface area contributed by atoms with Gasteiger partial charge in [-0.25, -0.2) is 9.48 Å². The Morgan fingerprint density at radius 2 is 1.50 bits per heavy atom. The Labute approximate surface area is 158 Å². The Balaban J connectivity index is 2.89. The summed E-state index contributed by atoms with van der Waals surface area (Å²) in [7, 11) is -0.314. The molecular formula is C16H19N2O9P. The fourth-order valence-corrected chi connectivity index (χ4v) is 4.33. The minimum Gasteiger partial charge on any atom is -0.468 e. The Morgan fingerprint density at radius 3 is 2.00 bits per heavy atom. The molecule has 1 heterocycles. The molecule has 0 aliphatic heterocycles. The normalized spacial score (nSPS) is 13.7. The van der Waals surface area contributed by atoms with Crippen molar-refractivity contribution in [1.82, 2.24) is 9.78 Å². The summed E-state index contributed by atoms with van der Waals surface area (Å²) in [5.74, 6) is -2.30. The molecule has 1 N–H and O–H groups in total. The van der Waals surface area contributed by atoms with Gasteiger partial charge < -0.3 is 18.5 Å². The molecule has 12 heteroatoms. The van der Waals surface area contributed by atoms with Crippen LogP contribution in [0.2, 0.25) is 0 Å². The van der Waals surface area contributed by atoms with Gasteiger partial charge in [0, 0.05) is 14.2 Å². The maximum absolute atomic E-state index is 13.0. The molecule has 0 saturated carbocycles. The van der Waals surface area contributed by atoms with Crippen LogP contribution in [0.15, 0.2) is 33.9 Å². The van der Waals surface area contributed by atoms with Crippen molar-refractivity contribution in [3.05, 3.63) is 45.0 Å². The molecule has 0 aliphatic carbocycles. The lowest BCUT2D eigenvalue weighted by Gasteiger charge is -2.28. The molecule has 11 nitrogen and oxygen atoms in total.